The number of anilines is 2. The lowest BCUT2D eigenvalue weighted by atomic mass is 10.1. The summed E-state index contributed by atoms with van der Waals surface area (Å²) in [6, 6.07) is 14.9. The minimum atomic E-state index is -0.0857. The van der Waals surface area contributed by atoms with E-state index in [-0.39, 0.29) is 17.6 Å². The molecule has 3 aromatic carbocycles. The minimum absolute atomic E-state index is 0.0857. The smallest absolute Gasteiger partial charge is 0.231 e. The zero-order chi connectivity index (χ0) is 23.8. The molecule has 0 amide bonds. The van der Waals surface area contributed by atoms with E-state index in [1.165, 1.54) is 34.7 Å². The first-order valence-electron chi connectivity index (χ1n) is 10.3. The van der Waals surface area contributed by atoms with Crippen molar-refractivity contribution in [2.24, 2.45) is 4.99 Å². The Kier molecular flexibility index (Phi) is 6.08. The topological polar surface area (TPSA) is 76.0 Å². The van der Waals surface area contributed by atoms with Gasteiger partial charge in [-0.2, -0.15) is 0 Å². The Morgan fingerprint density at radius 1 is 1.03 bits per heavy atom. The fourth-order valence-electron chi connectivity index (χ4n) is 3.44. The van der Waals surface area contributed by atoms with Crippen LogP contribution in [0.1, 0.15) is 16.7 Å². The third kappa shape index (κ3) is 4.55. The molecule has 2 N–H and O–H groups in total. The van der Waals surface area contributed by atoms with Crippen LogP contribution >= 0.6 is 34.5 Å². The second-order valence-corrected chi connectivity index (χ2v) is 9.57. The van der Waals surface area contributed by atoms with Crippen molar-refractivity contribution in [2.45, 2.75) is 13.8 Å². The lowest BCUT2D eigenvalue weighted by Gasteiger charge is -2.05. The quantitative estimate of drug-likeness (QED) is 0.269. The molecule has 0 atom stereocenters. The lowest BCUT2D eigenvalue weighted by Crippen LogP contribution is -1.92. The molecule has 0 radical (unpaired) electrons. The maximum absolute atomic E-state index is 10.3. The number of phenols is 1. The number of aliphatic imine (C=N–C) groups is 1. The summed E-state index contributed by atoms with van der Waals surface area (Å²) in [5.41, 5.74) is 5.24. The van der Waals surface area contributed by atoms with Gasteiger partial charge in [-0.1, -0.05) is 40.6 Å². The first-order valence-corrected chi connectivity index (χ1v) is 11.9. The lowest BCUT2D eigenvalue weighted by molar-refractivity contribution is 0.174. The van der Waals surface area contributed by atoms with Gasteiger partial charge in [-0.15, -0.1) is 0 Å². The summed E-state index contributed by atoms with van der Waals surface area (Å²) in [4.78, 5) is 9.43. The predicted molar refractivity (Wildman–Crippen MR) is 138 cm³/mol. The van der Waals surface area contributed by atoms with Crippen LogP contribution in [0.15, 0.2) is 53.5 Å². The van der Waals surface area contributed by atoms with E-state index in [4.69, 9.17) is 37.7 Å². The number of phenolic OH excluding ortho intramolecular Hbond substituents is 1. The van der Waals surface area contributed by atoms with Crippen molar-refractivity contribution >= 4 is 56.6 Å². The summed E-state index contributed by atoms with van der Waals surface area (Å²) in [5.74, 6) is 1.26. The Hall–Kier alpha value is -3.26. The van der Waals surface area contributed by atoms with Gasteiger partial charge in [0.2, 0.25) is 6.79 Å². The Morgan fingerprint density at radius 3 is 2.68 bits per heavy atom. The summed E-state index contributed by atoms with van der Waals surface area (Å²) >= 11 is 13.5. The molecule has 1 aliphatic rings. The van der Waals surface area contributed by atoms with Crippen LogP contribution in [-0.2, 0) is 0 Å². The van der Waals surface area contributed by atoms with E-state index in [1.807, 2.05) is 24.3 Å². The first-order chi connectivity index (χ1) is 16.4. The number of halogens is 2. The molecular weight excluding hydrogens is 493 g/mol. The van der Waals surface area contributed by atoms with Crippen LogP contribution in [0.4, 0.5) is 15.8 Å². The number of rotatable bonds is 5. The minimum Gasteiger partial charge on any atom is -0.506 e. The van der Waals surface area contributed by atoms with Gasteiger partial charge in [0.05, 0.1) is 5.02 Å². The molecular formula is C25H19Cl2N3O3S. The third-order valence-electron chi connectivity index (χ3n) is 5.39. The molecule has 4 aromatic rings. The van der Waals surface area contributed by atoms with Gasteiger partial charge in [-0.25, -0.2) is 9.98 Å². The molecule has 6 nitrogen and oxygen atoms in total. The Morgan fingerprint density at radius 2 is 1.85 bits per heavy atom. The molecule has 0 spiro atoms. The highest BCUT2D eigenvalue weighted by molar-refractivity contribution is 7.19. The summed E-state index contributed by atoms with van der Waals surface area (Å²) in [7, 11) is 0. The largest absolute Gasteiger partial charge is 0.506 e. The average molecular weight is 512 g/mol. The van der Waals surface area contributed by atoms with E-state index < -0.39 is 0 Å². The van der Waals surface area contributed by atoms with Crippen LogP contribution in [-0.4, -0.2) is 23.1 Å². The number of hydrogen-bond donors (Lipinski definition) is 2. The molecule has 34 heavy (non-hydrogen) atoms. The van der Waals surface area contributed by atoms with Gasteiger partial charge in [-0.05, 0) is 67.4 Å². The van der Waals surface area contributed by atoms with Crippen LogP contribution in [0.3, 0.4) is 0 Å². The number of thiazole rings is 1. The fourth-order valence-corrected chi connectivity index (χ4v) is 4.80. The number of benzene rings is 3. The number of aromatic nitrogens is 1. The molecule has 1 aliphatic heterocycles. The van der Waals surface area contributed by atoms with Crippen LogP contribution in [0, 0.1) is 13.8 Å². The van der Waals surface area contributed by atoms with E-state index in [0.29, 0.717) is 37.9 Å². The number of fused-ring (bicyclic) bond motifs is 1. The van der Waals surface area contributed by atoms with Gasteiger partial charge < -0.3 is 19.9 Å². The zero-order valence-corrected chi connectivity index (χ0v) is 20.6. The molecule has 9 heteroatoms. The third-order valence-corrected chi connectivity index (χ3v) is 6.78. The average Bonchev–Trinajstić information content (AvgIpc) is 3.44. The number of hydrogen-bond acceptors (Lipinski definition) is 7. The normalized spacial score (nSPS) is 12.5. The van der Waals surface area contributed by atoms with Gasteiger partial charge in [0.15, 0.2) is 16.6 Å². The second kappa shape index (κ2) is 9.18. The van der Waals surface area contributed by atoms with E-state index in [1.54, 1.807) is 6.07 Å². The highest BCUT2D eigenvalue weighted by atomic mass is 35.5. The highest BCUT2D eigenvalue weighted by Gasteiger charge is 2.19. The van der Waals surface area contributed by atoms with E-state index >= 15 is 0 Å². The van der Waals surface area contributed by atoms with Gasteiger partial charge in [0.25, 0.3) is 0 Å². The first kappa shape index (κ1) is 22.5. The van der Waals surface area contributed by atoms with Crippen LogP contribution in [0.2, 0.25) is 10.0 Å². The molecule has 0 aliphatic carbocycles. The maximum atomic E-state index is 10.3. The summed E-state index contributed by atoms with van der Waals surface area (Å²) in [6.07, 6.45) is 1.52. The van der Waals surface area contributed by atoms with Gasteiger partial charge >= 0.3 is 0 Å². The number of aromatic hydroxyl groups is 1. The molecule has 2 heterocycles. The molecule has 1 aromatic heterocycles. The number of ether oxygens (including phenoxy) is 2. The predicted octanol–water partition coefficient (Wildman–Crippen LogP) is 7.66. The van der Waals surface area contributed by atoms with Crippen molar-refractivity contribution in [3.63, 3.8) is 0 Å². The van der Waals surface area contributed by atoms with Crippen molar-refractivity contribution < 1.29 is 14.6 Å². The Bertz CT molecular complexity index is 1440. The Balaban J connectivity index is 1.55. The van der Waals surface area contributed by atoms with E-state index in [0.717, 1.165) is 11.3 Å². The summed E-state index contributed by atoms with van der Waals surface area (Å²) < 4.78 is 11.0. The van der Waals surface area contributed by atoms with Crippen molar-refractivity contribution in [1.82, 2.24) is 4.98 Å². The van der Waals surface area contributed by atoms with Crippen LogP contribution < -0.4 is 14.8 Å². The van der Waals surface area contributed by atoms with Crippen molar-refractivity contribution in [3.8, 4) is 28.5 Å². The van der Waals surface area contributed by atoms with Crippen molar-refractivity contribution in [2.75, 3.05) is 12.1 Å². The Labute approximate surface area is 210 Å². The summed E-state index contributed by atoms with van der Waals surface area (Å²) in [6.45, 7) is 4.33. The molecule has 0 saturated heterocycles. The number of aryl methyl sites for hydroxylation is 2. The molecule has 0 fully saturated rings. The maximum Gasteiger partial charge on any atom is 0.231 e. The van der Waals surface area contributed by atoms with Crippen LogP contribution in [0.25, 0.3) is 11.3 Å². The summed E-state index contributed by atoms with van der Waals surface area (Å²) in [5, 5.41) is 15.6. The van der Waals surface area contributed by atoms with Crippen LogP contribution in [0.5, 0.6) is 17.2 Å². The number of nitrogens with one attached hydrogen (secondary N) is 1. The van der Waals surface area contributed by atoms with Crippen molar-refractivity contribution in [3.05, 3.63) is 75.3 Å². The standard InChI is InChI=1S/C25H19Cl2N3O3S/c1-13-3-5-18(7-14(13)2)29-25-30-22(15-4-6-20-21(9-15)33-12-32-20)24(34-25)28-11-16-8-17(26)10-19(27)23(16)31/h3-11,31H,12H2,1-2H3,(H,29,30)/b28-11+. The molecule has 0 bridgehead atoms. The van der Waals surface area contributed by atoms with Gasteiger partial charge in [0, 0.05) is 28.1 Å². The highest BCUT2D eigenvalue weighted by Crippen LogP contribution is 2.43. The molecule has 5 rings (SSSR count). The molecule has 0 unspecified atom stereocenters. The van der Waals surface area contributed by atoms with Gasteiger partial charge in [0.1, 0.15) is 16.4 Å². The van der Waals surface area contributed by atoms with Crippen molar-refractivity contribution in [1.29, 1.82) is 0 Å². The second-order valence-electron chi connectivity index (χ2n) is 7.75. The van der Waals surface area contributed by atoms with E-state index in [9.17, 15) is 5.11 Å². The molecule has 0 saturated carbocycles. The van der Waals surface area contributed by atoms with Gasteiger partial charge in [-0.3, -0.25) is 0 Å². The monoisotopic (exact) mass is 511 g/mol. The van der Waals surface area contributed by atoms with E-state index in [2.05, 4.69) is 36.3 Å². The number of nitrogens with zero attached hydrogens (tertiary/aromatic N) is 2. The zero-order valence-electron chi connectivity index (χ0n) is 18.2. The molecule has 172 valence electrons. The fraction of sp³-hybridized carbons (Fsp3) is 0.120. The SMILES string of the molecule is Cc1ccc(Nc2nc(-c3ccc4c(c3)OCO4)c(/N=C/c3cc(Cl)cc(Cl)c3O)s2)cc1C.